The Morgan fingerprint density at radius 3 is 2.40 bits per heavy atom. The van der Waals surface area contributed by atoms with E-state index in [2.05, 4.69) is 58.1 Å². The highest BCUT2D eigenvalue weighted by Gasteiger charge is 2.22. The van der Waals surface area contributed by atoms with Gasteiger partial charge in [-0.05, 0) is 37.1 Å². The predicted octanol–water partition coefficient (Wildman–Crippen LogP) is 3.38. The monoisotopic (exact) mass is 475 g/mol. The minimum Gasteiger partial charge on any atom is -0.454 e. The van der Waals surface area contributed by atoms with Crippen LogP contribution < -0.4 is 24.6 Å². The summed E-state index contributed by atoms with van der Waals surface area (Å²) in [5, 5.41) is 3.40. The van der Waals surface area contributed by atoms with Crippen molar-refractivity contribution in [1.29, 1.82) is 0 Å². The van der Waals surface area contributed by atoms with Crippen LogP contribution in [0.1, 0.15) is 25.0 Å². The van der Waals surface area contributed by atoms with Gasteiger partial charge in [-0.1, -0.05) is 36.4 Å². The van der Waals surface area contributed by atoms with Crippen LogP contribution in [-0.2, 0) is 13.1 Å². The van der Waals surface area contributed by atoms with Crippen molar-refractivity contribution in [2.75, 3.05) is 61.2 Å². The Labute approximate surface area is 206 Å². The van der Waals surface area contributed by atoms with Gasteiger partial charge in [-0.2, -0.15) is 15.0 Å². The number of rotatable bonds is 9. The van der Waals surface area contributed by atoms with E-state index >= 15 is 0 Å². The zero-order valence-corrected chi connectivity index (χ0v) is 20.5. The van der Waals surface area contributed by atoms with Gasteiger partial charge in [-0.3, -0.25) is 4.90 Å². The summed E-state index contributed by atoms with van der Waals surface area (Å²) in [6, 6.07) is 16.5. The Balaban J connectivity index is 1.26. The lowest BCUT2D eigenvalue weighted by molar-refractivity contribution is 0.174. The fourth-order valence-corrected chi connectivity index (χ4v) is 4.40. The first-order chi connectivity index (χ1) is 17.2. The Morgan fingerprint density at radius 1 is 0.857 bits per heavy atom. The molecule has 1 aromatic heterocycles. The van der Waals surface area contributed by atoms with Gasteiger partial charge >= 0.3 is 0 Å². The van der Waals surface area contributed by atoms with Gasteiger partial charge in [0.25, 0.3) is 0 Å². The minimum atomic E-state index is 0.307. The number of hydrogen-bond donors (Lipinski definition) is 1. The molecular formula is C26H33N7O2. The number of ether oxygens (including phenoxy) is 2. The van der Waals surface area contributed by atoms with Crippen molar-refractivity contribution in [3.05, 3.63) is 59.7 Å². The van der Waals surface area contributed by atoms with Crippen LogP contribution in [0, 0.1) is 0 Å². The number of nitrogens with one attached hydrogen (secondary N) is 1. The van der Waals surface area contributed by atoms with Gasteiger partial charge in [0, 0.05) is 52.4 Å². The number of benzene rings is 2. The summed E-state index contributed by atoms with van der Waals surface area (Å²) in [5.74, 6) is 3.74. The van der Waals surface area contributed by atoms with E-state index in [-0.39, 0.29) is 0 Å². The van der Waals surface area contributed by atoms with Crippen LogP contribution in [0.4, 0.5) is 17.8 Å². The molecule has 0 amide bonds. The second-order valence-corrected chi connectivity index (χ2v) is 8.72. The molecule has 2 aliphatic heterocycles. The molecule has 35 heavy (non-hydrogen) atoms. The Kier molecular flexibility index (Phi) is 7.13. The van der Waals surface area contributed by atoms with Crippen molar-refractivity contribution < 1.29 is 9.47 Å². The number of nitrogens with zero attached hydrogens (tertiary/aromatic N) is 6. The topological polar surface area (TPSA) is 78.9 Å². The maximum Gasteiger partial charge on any atom is 0.232 e. The summed E-state index contributed by atoms with van der Waals surface area (Å²) in [6.45, 7) is 11.4. The molecule has 1 fully saturated rings. The Bertz CT molecular complexity index is 1120. The van der Waals surface area contributed by atoms with E-state index in [4.69, 9.17) is 24.4 Å². The summed E-state index contributed by atoms with van der Waals surface area (Å²) < 4.78 is 11.0. The van der Waals surface area contributed by atoms with E-state index in [0.29, 0.717) is 19.3 Å². The van der Waals surface area contributed by atoms with Crippen LogP contribution >= 0.6 is 0 Å². The van der Waals surface area contributed by atoms with Gasteiger partial charge in [0.2, 0.25) is 24.6 Å². The standard InChI is InChI=1S/C26H33N7O2/c1-3-32(4-2)25-28-24(27-17-20-8-6-5-7-9-20)29-26(30-25)33-14-12-31(13-15-33)18-21-10-11-22-23(16-21)35-19-34-22/h5-11,16H,3-4,12-15,17-19H2,1-2H3,(H,27,28,29,30). The van der Waals surface area contributed by atoms with Crippen molar-refractivity contribution in [2.45, 2.75) is 26.9 Å². The molecule has 3 heterocycles. The van der Waals surface area contributed by atoms with Gasteiger partial charge in [0.1, 0.15) is 0 Å². The lowest BCUT2D eigenvalue weighted by atomic mass is 10.1. The average Bonchev–Trinajstić information content (AvgIpc) is 3.37. The van der Waals surface area contributed by atoms with Crippen LogP contribution in [0.2, 0.25) is 0 Å². The van der Waals surface area contributed by atoms with E-state index in [0.717, 1.165) is 69.2 Å². The van der Waals surface area contributed by atoms with Crippen molar-refractivity contribution in [2.24, 2.45) is 0 Å². The first-order valence-corrected chi connectivity index (χ1v) is 12.4. The van der Waals surface area contributed by atoms with Crippen molar-refractivity contribution >= 4 is 17.8 Å². The van der Waals surface area contributed by atoms with Crippen molar-refractivity contribution in [1.82, 2.24) is 19.9 Å². The molecule has 0 radical (unpaired) electrons. The van der Waals surface area contributed by atoms with Crippen LogP contribution in [0.3, 0.4) is 0 Å². The lowest BCUT2D eigenvalue weighted by Crippen LogP contribution is -2.46. The molecule has 0 bridgehead atoms. The van der Waals surface area contributed by atoms with Gasteiger partial charge in [-0.25, -0.2) is 0 Å². The molecule has 9 heteroatoms. The van der Waals surface area contributed by atoms with Crippen molar-refractivity contribution in [3.63, 3.8) is 0 Å². The number of aromatic nitrogens is 3. The summed E-state index contributed by atoms with van der Waals surface area (Å²) in [5.41, 5.74) is 2.43. The average molecular weight is 476 g/mol. The molecule has 0 aliphatic carbocycles. The second kappa shape index (κ2) is 10.8. The minimum absolute atomic E-state index is 0.307. The molecule has 0 unspecified atom stereocenters. The molecule has 0 saturated carbocycles. The largest absolute Gasteiger partial charge is 0.454 e. The van der Waals surface area contributed by atoms with E-state index in [9.17, 15) is 0 Å². The summed E-state index contributed by atoms with van der Waals surface area (Å²) in [4.78, 5) is 21.2. The maximum atomic E-state index is 5.53. The van der Waals surface area contributed by atoms with Crippen LogP contribution in [0.5, 0.6) is 11.5 Å². The fraction of sp³-hybridized carbons (Fsp3) is 0.423. The first kappa shape index (κ1) is 23.2. The van der Waals surface area contributed by atoms with E-state index in [1.807, 2.05) is 24.3 Å². The molecule has 5 rings (SSSR count). The SMILES string of the molecule is CCN(CC)c1nc(NCc2ccccc2)nc(N2CCN(Cc3ccc4c(c3)OCO4)CC2)n1. The molecule has 0 spiro atoms. The molecule has 2 aromatic carbocycles. The Hall–Kier alpha value is -3.59. The molecule has 1 N–H and O–H groups in total. The number of fused-ring (bicyclic) bond motifs is 1. The maximum absolute atomic E-state index is 5.53. The van der Waals surface area contributed by atoms with Crippen LogP contribution in [0.15, 0.2) is 48.5 Å². The van der Waals surface area contributed by atoms with E-state index in [1.54, 1.807) is 0 Å². The second-order valence-electron chi connectivity index (χ2n) is 8.72. The van der Waals surface area contributed by atoms with Gasteiger partial charge in [0.15, 0.2) is 11.5 Å². The fourth-order valence-electron chi connectivity index (χ4n) is 4.40. The molecule has 1 saturated heterocycles. The normalized spacial score (nSPS) is 15.3. The van der Waals surface area contributed by atoms with Crippen molar-refractivity contribution in [3.8, 4) is 11.5 Å². The summed E-state index contributed by atoms with van der Waals surface area (Å²) in [7, 11) is 0. The van der Waals surface area contributed by atoms with Gasteiger partial charge in [0.05, 0.1) is 0 Å². The third kappa shape index (κ3) is 5.57. The summed E-state index contributed by atoms with van der Waals surface area (Å²) >= 11 is 0. The smallest absolute Gasteiger partial charge is 0.232 e. The molecule has 0 atom stereocenters. The van der Waals surface area contributed by atoms with Gasteiger partial charge in [-0.15, -0.1) is 0 Å². The number of anilines is 3. The molecular weight excluding hydrogens is 442 g/mol. The lowest BCUT2D eigenvalue weighted by Gasteiger charge is -2.35. The quantitative estimate of drug-likeness (QED) is 0.501. The van der Waals surface area contributed by atoms with E-state index < -0.39 is 0 Å². The first-order valence-electron chi connectivity index (χ1n) is 12.4. The van der Waals surface area contributed by atoms with Crippen LogP contribution in [-0.4, -0.2) is 65.9 Å². The molecule has 3 aromatic rings. The highest BCUT2D eigenvalue weighted by atomic mass is 16.7. The zero-order chi connectivity index (χ0) is 24.0. The number of piperazine rings is 1. The zero-order valence-electron chi connectivity index (χ0n) is 20.5. The predicted molar refractivity (Wildman–Crippen MR) is 137 cm³/mol. The number of hydrogen-bond acceptors (Lipinski definition) is 9. The van der Waals surface area contributed by atoms with Gasteiger partial charge < -0.3 is 24.6 Å². The molecule has 184 valence electrons. The van der Waals surface area contributed by atoms with Crippen LogP contribution in [0.25, 0.3) is 0 Å². The third-order valence-electron chi connectivity index (χ3n) is 6.45. The third-order valence-corrected chi connectivity index (χ3v) is 6.45. The van der Waals surface area contributed by atoms with E-state index in [1.165, 1.54) is 11.1 Å². The Morgan fingerprint density at radius 2 is 1.63 bits per heavy atom. The highest BCUT2D eigenvalue weighted by molar-refractivity contribution is 5.46. The summed E-state index contributed by atoms with van der Waals surface area (Å²) in [6.07, 6.45) is 0. The molecule has 9 nitrogen and oxygen atoms in total. The molecule has 2 aliphatic rings. The highest BCUT2D eigenvalue weighted by Crippen LogP contribution is 2.33.